The van der Waals surface area contributed by atoms with Gasteiger partial charge in [-0.25, -0.2) is 4.79 Å². The lowest BCUT2D eigenvalue weighted by Crippen LogP contribution is -2.38. The lowest BCUT2D eigenvalue weighted by Gasteiger charge is -2.23. The number of hydrogen-bond donors (Lipinski definition) is 2. The molecule has 0 saturated carbocycles. The first-order valence-corrected chi connectivity index (χ1v) is 5.53. The number of carbonyl (C=O) groups excluding carboxylic acids is 1. The molecule has 0 fully saturated rings. The highest BCUT2D eigenvalue weighted by atomic mass is 19.4. The van der Waals surface area contributed by atoms with Crippen molar-refractivity contribution < 1.29 is 27.8 Å². The molecule has 19 heavy (non-hydrogen) atoms. The van der Waals surface area contributed by atoms with E-state index in [0.29, 0.717) is 5.56 Å². The maximum absolute atomic E-state index is 12.3. The Hall–Kier alpha value is -1.76. The fourth-order valence-electron chi connectivity index (χ4n) is 1.62. The van der Waals surface area contributed by atoms with Crippen LogP contribution in [-0.2, 0) is 11.2 Å². The third kappa shape index (κ3) is 6.10. The SMILES string of the molecule is NC(=O)OC(CC(F)(F)F)C(O)Cc1ccccc1. The molecule has 0 aromatic heterocycles. The second-order valence-electron chi connectivity index (χ2n) is 4.05. The van der Waals surface area contributed by atoms with Crippen LogP contribution in [-0.4, -0.2) is 29.6 Å². The van der Waals surface area contributed by atoms with Crippen LogP contribution in [0.4, 0.5) is 18.0 Å². The first kappa shape index (κ1) is 15.3. The monoisotopic (exact) mass is 277 g/mol. The van der Waals surface area contributed by atoms with Crippen LogP contribution in [0.1, 0.15) is 12.0 Å². The largest absolute Gasteiger partial charge is 0.443 e. The van der Waals surface area contributed by atoms with Gasteiger partial charge in [0.2, 0.25) is 0 Å². The number of carbonyl (C=O) groups is 1. The summed E-state index contributed by atoms with van der Waals surface area (Å²) in [5.74, 6) is 0. The second kappa shape index (κ2) is 6.42. The Morgan fingerprint density at radius 3 is 2.37 bits per heavy atom. The number of hydrogen-bond acceptors (Lipinski definition) is 3. The van der Waals surface area contributed by atoms with Crippen molar-refractivity contribution >= 4 is 6.09 Å². The van der Waals surface area contributed by atoms with Gasteiger partial charge in [0.1, 0.15) is 6.10 Å². The summed E-state index contributed by atoms with van der Waals surface area (Å²) in [6.45, 7) is 0. The molecule has 0 radical (unpaired) electrons. The van der Waals surface area contributed by atoms with Crippen molar-refractivity contribution in [3.05, 3.63) is 35.9 Å². The van der Waals surface area contributed by atoms with Crippen molar-refractivity contribution in [2.75, 3.05) is 0 Å². The molecule has 1 aromatic rings. The number of primary amides is 1. The Morgan fingerprint density at radius 1 is 1.32 bits per heavy atom. The molecule has 0 heterocycles. The van der Waals surface area contributed by atoms with Gasteiger partial charge in [-0.3, -0.25) is 0 Å². The Kier molecular flexibility index (Phi) is 5.17. The van der Waals surface area contributed by atoms with E-state index in [1.165, 1.54) is 0 Å². The zero-order chi connectivity index (χ0) is 14.5. The molecule has 0 saturated heterocycles. The van der Waals surface area contributed by atoms with E-state index in [9.17, 15) is 23.1 Å². The van der Waals surface area contributed by atoms with Gasteiger partial charge in [-0.15, -0.1) is 0 Å². The molecule has 0 aliphatic rings. The van der Waals surface area contributed by atoms with Gasteiger partial charge in [-0.1, -0.05) is 30.3 Å². The van der Waals surface area contributed by atoms with Gasteiger partial charge in [0.05, 0.1) is 12.5 Å². The average Bonchev–Trinajstić information content (AvgIpc) is 2.27. The van der Waals surface area contributed by atoms with Gasteiger partial charge < -0.3 is 15.6 Å². The zero-order valence-corrected chi connectivity index (χ0v) is 9.93. The third-order valence-corrected chi connectivity index (χ3v) is 2.42. The molecule has 1 rings (SSSR count). The molecule has 2 atom stereocenters. The molecule has 0 aliphatic heterocycles. The summed E-state index contributed by atoms with van der Waals surface area (Å²) in [4.78, 5) is 10.6. The summed E-state index contributed by atoms with van der Waals surface area (Å²) in [5, 5.41) is 9.74. The van der Waals surface area contributed by atoms with Crippen LogP contribution in [0, 0.1) is 0 Å². The van der Waals surface area contributed by atoms with Crippen molar-refractivity contribution in [1.82, 2.24) is 0 Å². The van der Waals surface area contributed by atoms with E-state index in [1.54, 1.807) is 30.3 Å². The zero-order valence-electron chi connectivity index (χ0n) is 9.93. The number of amides is 1. The summed E-state index contributed by atoms with van der Waals surface area (Å²) in [5.41, 5.74) is 5.34. The van der Waals surface area contributed by atoms with E-state index >= 15 is 0 Å². The lowest BCUT2D eigenvalue weighted by molar-refractivity contribution is -0.165. The fourth-order valence-corrected chi connectivity index (χ4v) is 1.62. The van der Waals surface area contributed by atoms with Gasteiger partial charge in [0.15, 0.2) is 0 Å². The molecule has 106 valence electrons. The number of alkyl halides is 3. The van der Waals surface area contributed by atoms with Crippen LogP contribution in [0.5, 0.6) is 0 Å². The van der Waals surface area contributed by atoms with Crippen LogP contribution >= 0.6 is 0 Å². The van der Waals surface area contributed by atoms with E-state index in [4.69, 9.17) is 5.73 Å². The number of halogens is 3. The van der Waals surface area contributed by atoms with E-state index in [2.05, 4.69) is 4.74 Å². The first-order valence-electron chi connectivity index (χ1n) is 5.53. The Morgan fingerprint density at radius 2 is 1.89 bits per heavy atom. The molecule has 0 spiro atoms. The lowest BCUT2D eigenvalue weighted by atomic mass is 10.0. The standard InChI is InChI=1S/C12H14F3NO3/c13-12(14,15)7-10(19-11(16)18)9(17)6-8-4-2-1-3-5-8/h1-5,9-10,17H,6-7H2,(H2,16,18). The molecule has 1 amide bonds. The van der Waals surface area contributed by atoms with Gasteiger partial charge in [-0.2, -0.15) is 13.2 Å². The maximum atomic E-state index is 12.3. The summed E-state index contributed by atoms with van der Waals surface area (Å²) in [6.07, 6.45) is -10.6. The summed E-state index contributed by atoms with van der Waals surface area (Å²) < 4.78 is 41.3. The summed E-state index contributed by atoms with van der Waals surface area (Å²) >= 11 is 0. The minimum Gasteiger partial charge on any atom is -0.443 e. The number of aliphatic hydroxyl groups is 1. The predicted molar refractivity (Wildman–Crippen MR) is 61.3 cm³/mol. The Balaban J connectivity index is 2.70. The highest BCUT2D eigenvalue weighted by Gasteiger charge is 2.37. The van der Waals surface area contributed by atoms with Crippen LogP contribution in [0.15, 0.2) is 30.3 Å². The van der Waals surface area contributed by atoms with Crippen LogP contribution in [0.25, 0.3) is 0 Å². The molecule has 0 aliphatic carbocycles. The van der Waals surface area contributed by atoms with E-state index in [0.717, 1.165) is 0 Å². The van der Waals surface area contributed by atoms with Gasteiger partial charge in [-0.05, 0) is 5.56 Å². The minimum atomic E-state index is -4.56. The molecule has 3 N–H and O–H groups in total. The van der Waals surface area contributed by atoms with E-state index in [1.807, 2.05) is 0 Å². The third-order valence-electron chi connectivity index (χ3n) is 2.42. The summed E-state index contributed by atoms with van der Waals surface area (Å²) in [6, 6.07) is 8.42. The predicted octanol–water partition coefficient (Wildman–Crippen LogP) is 2.01. The van der Waals surface area contributed by atoms with Crippen molar-refractivity contribution in [2.45, 2.75) is 31.2 Å². The molecule has 7 heteroatoms. The van der Waals surface area contributed by atoms with Gasteiger partial charge in [0, 0.05) is 6.42 Å². The van der Waals surface area contributed by atoms with Crippen molar-refractivity contribution in [3.63, 3.8) is 0 Å². The van der Waals surface area contributed by atoms with Crippen molar-refractivity contribution in [2.24, 2.45) is 5.73 Å². The smallest absolute Gasteiger partial charge is 0.404 e. The van der Waals surface area contributed by atoms with Crippen molar-refractivity contribution in [3.8, 4) is 0 Å². The normalized spacial score (nSPS) is 14.7. The molecule has 2 unspecified atom stereocenters. The molecule has 1 aromatic carbocycles. The minimum absolute atomic E-state index is 0.0606. The average molecular weight is 277 g/mol. The van der Waals surface area contributed by atoms with E-state index < -0.39 is 30.9 Å². The first-order chi connectivity index (χ1) is 8.78. The summed E-state index contributed by atoms with van der Waals surface area (Å²) in [7, 11) is 0. The molecular weight excluding hydrogens is 263 g/mol. The number of benzene rings is 1. The number of nitrogens with two attached hydrogens (primary N) is 1. The van der Waals surface area contributed by atoms with E-state index in [-0.39, 0.29) is 6.42 Å². The highest BCUT2D eigenvalue weighted by molar-refractivity contribution is 5.64. The Labute approximate surface area is 108 Å². The molecule has 0 bridgehead atoms. The molecular formula is C12H14F3NO3. The highest BCUT2D eigenvalue weighted by Crippen LogP contribution is 2.25. The quantitative estimate of drug-likeness (QED) is 0.864. The van der Waals surface area contributed by atoms with Gasteiger partial charge in [0.25, 0.3) is 0 Å². The fraction of sp³-hybridized carbons (Fsp3) is 0.417. The topological polar surface area (TPSA) is 72.6 Å². The van der Waals surface area contributed by atoms with Crippen LogP contribution in [0.3, 0.4) is 0 Å². The second-order valence-corrected chi connectivity index (χ2v) is 4.05. The Bertz CT molecular complexity index is 408. The van der Waals surface area contributed by atoms with Crippen LogP contribution in [0.2, 0.25) is 0 Å². The number of rotatable bonds is 5. The molecule has 4 nitrogen and oxygen atoms in total. The number of aliphatic hydroxyl groups excluding tert-OH is 1. The maximum Gasteiger partial charge on any atom is 0.404 e. The van der Waals surface area contributed by atoms with Crippen LogP contribution < -0.4 is 5.73 Å². The van der Waals surface area contributed by atoms with Crippen molar-refractivity contribution in [1.29, 1.82) is 0 Å². The number of ether oxygens (including phenoxy) is 1. The van der Waals surface area contributed by atoms with Gasteiger partial charge >= 0.3 is 12.3 Å².